The van der Waals surface area contributed by atoms with Crippen molar-refractivity contribution >= 4 is 11.6 Å². The van der Waals surface area contributed by atoms with E-state index in [9.17, 15) is 0 Å². The minimum Gasteiger partial charge on any atom is -0.493 e. The molecule has 2 rings (SSSR count). The third-order valence-electron chi connectivity index (χ3n) is 3.81. The number of hydrogen-bond acceptors (Lipinski definition) is 2. The number of benzene rings is 2. The zero-order valence-corrected chi connectivity index (χ0v) is 19.4. The molecule has 27 heavy (non-hydrogen) atoms. The van der Waals surface area contributed by atoms with Gasteiger partial charge in [0, 0.05) is 11.4 Å². The molecule has 0 amide bonds. The lowest BCUT2D eigenvalue weighted by atomic mass is 10.1. The molecule has 0 saturated heterocycles. The van der Waals surface area contributed by atoms with Crippen molar-refractivity contribution in [1.29, 1.82) is 0 Å². The smallest absolute Gasteiger partial charge is 0.125 e. The Balaban J connectivity index is 0.00000158. The van der Waals surface area contributed by atoms with Crippen molar-refractivity contribution in [1.82, 2.24) is 0 Å². The van der Waals surface area contributed by atoms with Crippen LogP contribution in [0.5, 0.6) is 11.5 Å². The van der Waals surface area contributed by atoms with Crippen LogP contribution in [0.2, 0.25) is 5.02 Å². The summed E-state index contributed by atoms with van der Waals surface area (Å²) in [5.74, 6) is 1.92. The van der Waals surface area contributed by atoms with Gasteiger partial charge in [-0.25, -0.2) is 0 Å². The van der Waals surface area contributed by atoms with Gasteiger partial charge in [0.05, 0.1) is 13.2 Å². The molecule has 0 saturated carbocycles. The maximum absolute atomic E-state index is 6.04. The summed E-state index contributed by atoms with van der Waals surface area (Å²) in [4.78, 5) is 0. The average molecular weight is 393 g/mol. The van der Waals surface area contributed by atoms with Crippen molar-refractivity contribution in [3.05, 3.63) is 57.1 Å². The van der Waals surface area contributed by atoms with Crippen LogP contribution >= 0.6 is 11.6 Å². The summed E-state index contributed by atoms with van der Waals surface area (Å²) in [6.07, 6.45) is 0.842. The number of halogens is 1. The van der Waals surface area contributed by atoms with Crippen LogP contribution in [0.15, 0.2) is 24.3 Å². The molecule has 0 heterocycles. The number of aryl methyl sites for hydroxylation is 5. The molecule has 0 aliphatic carbocycles. The molecule has 0 atom stereocenters. The minimum absolute atomic E-state index is 0.632. The number of hydrogen-bond donors (Lipinski definition) is 0. The Morgan fingerprint density at radius 2 is 0.963 bits per heavy atom. The predicted molar refractivity (Wildman–Crippen MR) is 120 cm³/mol. The van der Waals surface area contributed by atoms with Crippen molar-refractivity contribution < 1.29 is 9.47 Å². The van der Waals surface area contributed by atoms with Crippen LogP contribution < -0.4 is 9.47 Å². The van der Waals surface area contributed by atoms with E-state index in [4.69, 9.17) is 21.1 Å². The van der Waals surface area contributed by atoms with E-state index < -0.39 is 0 Å². The lowest BCUT2D eigenvalue weighted by molar-refractivity contribution is 0.244. The molecular formula is C24H37ClO2. The minimum atomic E-state index is 0.632. The second-order valence-electron chi connectivity index (χ2n) is 6.15. The molecule has 2 aromatic carbocycles. The van der Waals surface area contributed by atoms with Gasteiger partial charge in [-0.3, -0.25) is 0 Å². The molecule has 0 radical (unpaired) electrons. The molecular weight excluding hydrogens is 356 g/mol. The molecule has 0 aromatic heterocycles. The van der Waals surface area contributed by atoms with E-state index in [1.165, 1.54) is 16.7 Å². The highest BCUT2D eigenvalue weighted by Crippen LogP contribution is 2.27. The summed E-state index contributed by atoms with van der Waals surface area (Å²) < 4.78 is 11.8. The zero-order valence-electron chi connectivity index (χ0n) is 18.6. The van der Waals surface area contributed by atoms with E-state index in [0.717, 1.165) is 34.1 Å². The fourth-order valence-electron chi connectivity index (χ4n) is 2.93. The normalized spacial score (nSPS) is 9.56. The van der Waals surface area contributed by atoms with Crippen LogP contribution in [-0.2, 0) is 0 Å². The highest BCUT2D eigenvalue weighted by atomic mass is 35.5. The van der Waals surface area contributed by atoms with Crippen LogP contribution in [0.25, 0.3) is 0 Å². The SMILES string of the molecule is CC.CC.Cc1cc(C)c(OCCCOc2c(C)cc(Cl)cc2C)c(C)c1. The summed E-state index contributed by atoms with van der Waals surface area (Å²) >= 11 is 6.04. The molecule has 2 nitrogen and oxygen atoms in total. The van der Waals surface area contributed by atoms with Crippen molar-refractivity contribution in [3.63, 3.8) is 0 Å². The van der Waals surface area contributed by atoms with Gasteiger partial charge >= 0.3 is 0 Å². The van der Waals surface area contributed by atoms with Crippen LogP contribution in [0.4, 0.5) is 0 Å². The summed E-state index contributed by atoms with van der Waals surface area (Å²) in [7, 11) is 0. The monoisotopic (exact) mass is 392 g/mol. The van der Waals surface area contributed by atoms with E-state index in [1.54, 1.807) is 0 Å². The van der Waals surface area contributed by atoms with E-state index in [0.29, 0.717) is 13.2 Å². The third kappa shape index (κ3) is 8.26. The Morgan fingerprint density at radius 1 is 0.630 bits per heavy atom. The van der Waals surface area contributed by atoms with E-state index in [1.807, 2.05) is 53.7 Å². The quantitative estimate of drug-likeness (QED) is 0.467. The first kappa shape index (κ1) is 25.3. The van der Waals surface area contributed by atoms with E-state index in [-0.39, 0.29) is 0 Å². The lowest BCUT2D eigenvalue weighted by Crippen LogP contribution is -2.07. The van der Waals surface area contributed by atoms with Gasteiger partial charge in [0.2, 0.25) is 0 Å². The second kappa shape index (κ2) is 13.5. The topological polar surface area (TPSA) is 18.5 Å². The standard InChI is InChI=1S/C20H25ClO2.2C2H6/c1-13-9-14(2)19(15(3)10-13)22-7-6-8-23-20-16(4)11-18(21)12-17(20)5;2*1-2/h9-12H,6-8H2,1-5H3;2*1-2H3. The first-order chi connectivity index (χ1) is 12.9. The van der Waals surface area contributed by atoms with Crippen molar-refractivity contribution in [2.24, 2.45) is 0 Å². The van der Waals surface area contributed by atoms with Gasteiger partial charge in [-0.2, -0.15) is 0 Å². The average Bonchev–Trinajstić information content (AvgIpc) is 2.61. The fraction of sp³-hybridized carbons (Fsp3) is 0.500. The Bertz CT molecular complexity index is 587. The van der Waals surface area contributed by atoms with Crippen LogP contribution in [0, 0.1) is 34.6 Å². The number of ether oxygens (including phenoxy) is 2. The van der Waals surface area contributed by atoms with Crippen molar-refractivity contribution in [2.45, 2.75) is 68.7 Å². The first-order valence-electron chi connectivity index (χ1n) is 9.98. The maximum Gasteiger partial charge on any atom is 0.125 e. The summed E-state index contributed by atoms with van der Waals surface area (Å²) in [6.45, 7) is 19.6. The fourth-order valence-corrected chi connectivity index (χ4v) is 3.25. The third-order valence-corrected chi connectivity index (χ3v) is 4.03. The van der Waals surface area contributed by atoms with Gasteiger partial charge in [-0.1, -0.05) is 57.0 Å². The highest BCUT2D eigenvalue weighted by molar-refractivity contribution is 6.30. The van der Waals surface area contributed by atoms with Crippen LogP contribution in [-0.4, -0.2) is 13.2 Å². The maximum atomic E-state index is 6.04. The van der Waals surface area contributed by atoms with E-state index in [2.05, 4.69) is 32.9 Å². The largest absolute Gasteiger partial charge is 0.493 e. The van der Waals surface area contributed by atoms with E-state index >= 15 is 0 Å². The molecule has 0 aliphatic heterocycles. The molecule has 152 valence electrons. The Hall–Kier alpha value is -1.67. The van der Waals surface area contributed by atoms with Gasteiger partial charge in [0.15, 0.2) is 0 Å². The summed E-state index contributed by atoms with van der Waals surface area (Å²) in [5, 5.41) is 0.751. The molecule has 0 bridgehead atoms. The molecule has 0 aliphatic rings. The Kier molecular flexibility index (Phi) is 12.7. The van der Waals surface area contributed by atoms with Crippen molar-refractivity contribution in [3.8, 4) is 11.5 Å². The van der Waals surface area contributed by atoms with Gasteiger partial charge in [-0.05, 0) is 69.0 Å². The molecule has 0 fully saturated rings. The van der Waals surface area contributed by atoms with Gasteiger partial charge in [0.1, 0.15) is 11.5 Å². The molecule has 0 spiro atoms. The van der Waals surface area contributed by atoms with Crippen LogP contribution in [0.3, 0.4) is 0 Å². The molecule has 0 unspecified atom stereocenters. The zero-order chi connectivity index (χ0) is 21.0. The number of rotatable bonds is 6. The molecule has 3 heteroatoms. The molecule has 0 N–H and O–H groups in total. The Morgan fingerprint density at radius 3 is 1.33 bits per heavy atom. The van der Waals surface area contributed by atoms with Gasteiger partial charge < -0.3 is 9.47 Å². The van der Waals surface area contributed by atoms with Gasteiger partial charge in [0.25, 0.3) is 0 Å². The van der Waals surface area contributed by atoms with Crippen molar-refractivity contribution in [2.75, 3.05) is 13.2 Å². The second-order valence-corrected chi connectivity index (χ2v) is 6.58. The first-order valence-corrected chi connectivity index (χ1v) is 10.4. The lowest BCUT2D eigenvalue weighted by Gasteiger charge is -2.15. The predicted octanol–water partition coefficient (Wildman–Crippen LogP) is 7.78. The molecule has 2 aromatic rings. The summed E-state index contributed by atoms with van der Waals surface area (Å²) in [5.41, 5.74) is 5.78. The summed E-state index contributed by atoms with van der Waals surface area (Å²) in [6, 6.07) is 8.16. The Labute approximate surface area is 171 Å². The highest BCUT2D eigenvalue weighted by Gasteiger charge is 2.07. The van der Waals surface area contributed by atoms with Crippen LogP contribution in [0.1, 0.15) is 61.9 Å². The van der Waals surface area contributed by atoms with Gasteiger partial charge in [-0.15, -0.1) is 0 Å².